The van der Waals surface area contributed by atoms with Crippen LogP contribution in [0.15, 0.2) is 41.3 Å². The second kappa shape index (κ2) is 8.73. The summed E-state index contributed by atoms with van der Waals surface area (Å²) in [6, 6.07) is 9.42. The van der Waals surface area contributed by atoms with Crippen LogP contribution in [0, 0.1) is 12.8 Å². The van der Waals surface area contributed by atoms with Gasteiger partial charge in [-0.2, -0.15) is 5.10 Å². The highest BCUT2D eigenvalue weighted by molar-refractivity contribution is 7.22. The lowest BCUT2D eigenvalue weighted by atomic mass is 9.97. The van der Waals surface area contributed by atoms with Crippen molar-refractivity contribution >= 4 is 32.6 Å². The van der Waals surface area contributed by atoms with Gasteiger partial charge in [-0.3, -0.25) is 9.59 Å². The molecule has 1 aliphatic rings. The lowest BCUT2D eigenvalue weighted by molar-refractivity contribution is -0.125. The molecule has 1 N–H and O–H groups in total. The van der Waals surface area contributed by atoms with Crippen molar-refractivity contribution in [2.75, 3.05) is 24.5 Å². The molecule has 1 unspecified atom stereocenters. The molecule has 1 saturated heterocycles. The zero-order valence-corrected chi connectivity index (χ0v) is 17.3. The third kappa shape index (κ3) is 4.64. The maximum Gasteiger partial charge on any atom is 0.266 e. The number of hydrogen-bond donors (Lipinski definition) is 1. The zero-order chi connectivity index (χ0) is 20.2. The molecule has 1 aliphatic heterocycles. The highest BCUT2D eigenvalue weighted by atomic mass is 32.1. The van der Waals surface area contributed by atoms with Crippen LogP contribution in [0.4, 0.5) is 5.13 Å². The molecule has 1 aromatic carbocycles. The first-order chi connectivity index (χ1) is 14.1. The van der Waals surface area contributed by atoms with Crippen molar-refractivity contribution in [2.45, 2.75) is 32.7 Å². The van der Waals surface area contributed by atoms with Crippen molar-refractivity contribution in [3.63, 3.8) is 0 Å². The maximum absolute atomic E-state index is 12.6. The van der Waals surface area contributed by atoms with Crippen LogP contribution in [0.3, 0.4) is 0 Å². The fourth-order valence-electron chi connectivity index (χ4n) is 3.66. The number of aromatic nitrogens is 3. The van der Waals surface area contributed by atoms with E-state index in [1.165, 1.54) is 21.0 Å². The van der Waals surface area contributed by atoms with E-state index in [2.05, 4.69) is 40.4 Å². The van der Waals surface area contributed by atoms with Gasteiger partial charge in [-0.15, -0.1) is 0 Å². The number of amides is 1. The van der Waals surface area contributed by atoms with Crippen molar-refractivity contribution in [3.8, 4) is 0 Å². The lowest BCUT2D eigenvalue weighted by Gasteiger charge is -2.31. The number of nitrogens with one attached hydrogen (secondary N) is 1. The van der Waals surface area contributed by atoms with Gasteiger partial charge in [-0.1, -0.05) is 17.4 Å². The third-order valence-corrected chi connectivity index (χ3v) is 6.31. The first-order valence-corrected chi connectivity index (χ1v) is 10.8. The van der Waals surface area contributed by atoms with E-state index < -0.39 is 0 Å². The van der Waals surface area contributed by atoms with Gasteiger partial charge in [0.15, 0.2) is 5.13 Å². The molecule has 0 spiro atoms. The van der Waals surface area contributed by atoms with Gasteiger partial charge in [-0.25, -0.2) is 9.67 Å². The minimum absolute atomic E-state index is 0.0323. The van der Waals surface area contributed by atoms with E-state index in [1.807, 2.05) is 0 Å². The first-order valence-electron chi connectivity index (χ1n) is 10.0. The number of rotatable bonds is 6. The molecule has 29 heavy (non-hydrogen) atoms. The molecule has 1 atom stereocenters. The molecule has 1 amide bonds. The molecule has 1 fully saturated rings. The minimum Gasteiger partial charge on any atom is -0.356 e. The van der Waals surface area contributed by atoms with Crippen molar-refractivity contribution < 1.29 is 4.79 Å². The number of nitrogens with zero attached hydrogens (tertiary/aromatic N) is 4. The van der Waals surface area contributed by atoms with Gasteiger partial charge in [0.1, 0.15) is 0 Å². The molecule has 0 saturated carbocycles. The van der Waals surface area contributed by atoms with Gasteiger partial charge in [0.2, 0.25) is 5.91 Å². The number of anilines is 1. The molecule has 0 radical (unpaired) electrons. The normalized spacial score (nSPS) is 16.9. The summed E-state index contributed by atoms with van der Waals surface area (Å²) in [7, 11) is 0. The van der Waals surface area contributed by atoms with Crippen LogP contribution < -0.4 is 15.8 Å². The summed E-state index contributed by atoms with van der Waals surface area (Å²) in [4.78, 5) is 31.3. The Hall–Kier alpha value is -2.74. The number of carbonyl (C=O) groups is 1. The van der Waals surface area contributed by atoms with E-state index >= 15 is 0 Å². The summed E-state index contributed by atoms with van der Waals surface area (Å²) >= 11 is 1.70. The molecule has 3 heterocycles. The summed E-state index contributed by atoms with van der Waals surface area (Å²) < 4.78 is 2.61. The fourth-order valence-corrected chi connectivity index (χ4v) is 4.76. The van der Waals surface area contributed by atoms with Gasteiger partial charge < -0.3 is 10.2 Å². The fraction of sp³-hybridized carbons (Fsp3) is 0.429. The lowest BCUT2D eigenvalue weighted by Crippen LogP contribution is -2.43. The molecule has 4 rings (SSSR count). The number of carbonyl (C=O) groups excluding carboxylic acids is 1. The SMILES string of the molecule is Cc1ccc2nc(N3CCCC(C(=O)NCCCn4ncccc4=O)C3)sc2c1. The molecule has 0 bridgehead atoms. The molecule has 2 aromatic heterocycles. The summed E-state index contributed by atoms with van der Waals surface area (Å²) in [5.74, 6) is 0.0510. The predicted molar refractivity (Wildman–Crippen MR) is 115 cm³/mol. The Kier molecular flexibility index (Phi) is 5.89. The maximum atomic E-state index is 12.6. The predicted octanol–water partition coefficient (Wildman–Crippen LogP) is 2.58. The van der Waals surface area contributed by atoms with Crippen LogP contribution in [0.5, 0.6) is 0 Å². The van der Waals surface area contributed by atoms with Crippen LogP contribution in [0.2, 0.25) is 0 Å². The number of hydrogen-bond acceptors (Lipinski definition) is 6. The van der Waals surface area contributed by atoms with E-state index in [-0.39, 0.29) is 17.4 Å². The Balaban J connectivity index is 1.31. The highest BCUT2D eigenvalue weighted by Gasteiger charge is 2.27. The van der Waals surface area contributed by atoms with Crippen molar-refractivity contribution in [2.24, 2.45) is 5.92 Å². The van der Waals surface area contributed by atoms with E-state index in [0.29, 0.717) is 26.1 Å². The van der Waals surface area contributed by atoms with Gasteiger partial charge in [0, 0.05) is 38.4 Å². The summed E-state index contributed by atoms with van der Waals surface area (Å²) in [6.07, 6.45) is 4.15. The molecule has 8 heteroatoms. The Labute approximate surface area is 173 Å². The number of benzene rings is 1. The van der Waals surface area contributed by atoms with E-state index in [1.54, 1.807) is 23.6 Å². The van der Waals surface area contributed by atoms with Crippen molar-refractivity contribution in [3.05, 3.63) is 52.4 Å². The minimum atomic E-state index is -0.118. The summed E-state index contributed by atoms with van der Waals surface area (Å²) in [5.41, 5.74) is 2.14. The number of thiazole rings is 1. The Morgan fingerprint density at radius 3 is 3.10 bits per heavy atom. The molecule has 0 aliphatic carbocycles. The molecule has 152 valence electrons. The van der Waals surface area contributed by atoms with Gasteiger partial charge in [-0.05, 0) is 49.9 Å². The number of piperidine rings is 1. The molecular formula is C21H25N5O2S. The average molecular weight is 412 g/mol. The average Bonchev–Trinajstić information content (AvgIpc) is 3.15. The van der Waals surface area contributed by atoms with Crippen molar-refractivity contribution in [1.82, 2.24) is 20.1 Å². The van der Waals surface area contributed by atoms with Gasteiger partial charge in [0.05, 0.1) is 16.1 Å². The Morgan fingerprint density at radius 2 is 2.24 bits per heavy atom. The van der Waals surface area contributed by atoms with E-state index in [4.69, 9.17) is 4.98 Å². The summed E-state index contributed by atoms with van der Waals surface area (Å²) in [6.45, 7) is 4.76. The zero-order valence-electron chi connectivity index (χ0n) is 16.5. The number of aryl methyl sites for hydroxylation is 2. The summed E-state index contributed by atoms with van der Waals surface area (Å²) in [5, 5.41) is 8.05. The van der Waals surface area contributed by atoms with E-state index in [0.717, 1.165) is 30.0 Å². The largest absolute Gasteiger partial charge is 0.356 e. The van der Waals surface area contributed by atoms with Crippen LogP contribution in [0.1, 0.15) is 24.8 Å². The monoisotopic (exact) mass is 411 g/mol. The van der Waals surface area contributed by atoms with Crippen LogP contribution in [-0.2, 0) is 11.3 Å². The van der Waals surface area contributed by atoms with Crippen molar-refractivity contribution in [1.29, 1.82) is 0 Å². The Bertz CT molecular complexity index is 1060. The van der Waals surface area contributed by atoms with E-state index in [9.17, 15) is 9.59 Å². The second-order valence-corrected chi connectivity index (χ2v) is 8.49. The number of fused-ring (bicyclic) bond motifs is 1. The third-order valence-electron chi connectivity index (χ3n) is 5.23. The molecular weight excluding hydrogens is 386 g/mol. The van der Waals surface area contributed by atoms with Crippen LogP contribution >= 0.6 is 11.3 Å². The van der Waals surface area contributed by atoms with Crippen LogP contribution in [0.25, 0.3) is 10.2 Å². The Morgan fingerprint density at radius 1 is 1.34 bits per heavy atom. The van der Waals surface area contributed by atoms with Gasteiger partial charge >= 0.3 is 0 Å². The molecule has 7 nitrogen and oxygen atoms in total. The first kappa shape index (κ1) is 19.6. The highest BCUT2D eigenvalue weighted by Crippen LogP contribution is 2.32. The standard InChI is InChI=1S/C21H25N5O2S/c1-15-7-8-17-18(13-15)29-21(24-17)25-11-3-5-16(14-25)20(28)22-9-4-12-26-19(27)6-2-10-23-26/h2,6-8,10,13,16H,3-5,9,11-12,14H2,1H3,(H,22,28). The smallest absolute Gasteiger partial charge is 0.266 e. The topological polar surface area (TPSA) is 80.1 Å². The quantitative estimate of drug-likeness (QED) is 0.631. The second-order valence-electron chi connectivity index (χ2n) is 7.48. The van der Waals surface area contributed by atoms with Crippen LogP contribution in [-0.4, -0.2) is 40.3 Å². The van der Waals surface area contributed by atoms with Gasteiger partial charge in [0.25, 0.3) is 5.56 Å². The molecule has 3 aromatic rings.